The molecule has 0 aliphatic carbocycles. The van der Waals surface area contributed by atoms with Crippen LogP contribution in [0.1, 0.15) is 26.6 Å². The van der Waals surface area contributed by atoms with Crippen molar-refractivity contribution in [2.24, 2.45) is 0 Å². The van der Waals surface area contributed by atoms with Crippen LogP contribution in [0.4, 0.5) is 17.6 Å². The molecule has 1 N–H and O–H groups in total. The second-order valence-electron chi connectivity index (χ2n) is 5.90. The number of amides is 1. The molecular formula is C18H14F4N4O2S. The smallest absolute Gasteiger partial charge is 0.435 e. The van der Waals surface area contributed by atoms with Gasteiger partial charge in [-0.15, -0.1) is 16.4 Å². The molecule has 11 heteroatoms. The van der Waals surface area contributed by atoms with Gasteiger partial charge in [0.25, 0.3) is 5.91 Å². The zero-order valence-electron chi connectivity index (χ0n) is 15.2. The maximum absolute atomic E-state index is 14.9. The van der Waals surface area contributed by atoms with E-state index in [4.69, 9.17) is 4.74 Å². The molecule has 2 aromatic heterocycles. The largest absolute Gasteiger partial charge is 0.497 e. The van der Waals surface area contributed by atoms with E-state index in [-0.39, 0.29) is 29.1 Å². The average molecular weight is 426 g/mol. The maximum Gasteiger partial charge on any atom is 0.435 e. The number of carbonyl (C=O) groups is 1. The van der Waals surface area contributed by atoms with Crippen LogP contribution in [0.3, 0.4) is 0 Å². The van der Waals surface area contributed by atoms with Gasteiger partial charge < -0.3 is 10.1 Å². The third-order valence-corrected chi connectivity index (χ3v) is 4.76. The number of hydrogen-bond donors (Lipinski definition) is 1. The zero-order valence-corrected chi connectivity index (χ0v) is 16.0. The van der Waals surface area contributed by atoms with Gasteiger partial charge in [0.05, 0.1) is 30.5 Å². The summed E-state index contributed by atoms with van der Waals surface area (Å²) >= 11 is 1.26. The number of ether oxygens (including phenoxy) is 1. The molecule has 1 aromatic carbocycles. The molecule has 0 saturated carbocycles. The van der Waals surface area contributed by atoms with Crippen LogP contribution in [0.5, 0.6) is 5.75 Å². The lowest BCUT2D eigenvalue weighted by atomic mass is 10.1. The molecule has 0 spiro atoms. The summed E-state index contributed by atoms with van der Waals surface area (Å²) in [7, 11) is 1.38. The first kappa shape index (κ1) is 20.6. The Morgan fingerprint density at radius 2 is 2.00 bits per heavy atom. The first-order valence-corrected chi connectivity index (χ1v) is 8.99. The number of carbonyl (C=O) groups excluding carboxylic acids is 1. The van der Waals surface area contributed by atoms with Crippen molar-refractivity contribution in [3.63, 3.8) is 0 Å². The molecule has 0 atom stereocenters. The Morgan fingerprint density at radius 1 is 1.24 bits per heavy atom. The normalized spacial score (nSPS) is 11.4. The number of aryl methyl sites for hydroxylation is 1. The Labute approximate surface area is 166 Å². The number of nitrogens with zero attached hydrogens (tertiary/aromatic N) is 3. The number of rotatable bonds is 5. The van der Waals surface area contributed by atoms with E-state index in [2.05, 4.69) is 20.5 Å². The quantitative estimate of drug-likeness (QED) is 0.624. The van der Waals surface area contributed by atoms with E-state index < -0.39 is 23.6 Å². The van der Waals surface area contributed by atoms with Crippen LogP contribution in [0, 0.1) is 12.7 Å². The van der Waals surface area contributed by atoms with Crippen LogP contribution in [0.2, 0.25) is 0 Å². The minimum Gasteiger partial charge on any atom is -0.497 e. The summed E-state index contributed by atoms with van der Waals surface area (Å²) in [6, 6.07) is 4.50. The predicted molar refractivity (Wildman–Crippen MR) is 97.0 cm³/mol. The molecule has 0 unspecified atom stereocenters. The molecule has 0 saturated heterocycles. The van der Waals surface area contributed by atoms with Gasteiger partial charge in [0.2, 0.25) is 0 Å². The van der Waals surface area contributed by atoms with Gasteiger partial charge in [0, 0.05) is 11.1 Å². The van der Waals surface area contributed by atoms with Gasteiger partial charge in [-0.3, -0.25) is 4.79 Å². The lowest BCUT2D eigenvalue weighted by Crippen LogP contribution is -2.25. The van der Waals surface area contributed by atoms with Gasteiger partial charge in [-0.05, 0) is 31.2 Å². The molecule has 152 valence electrons. The summed E-state index contributed by atoms with van der Waals surface area (Å²) < 4.78 is 57.6. The third kappa shape index (κ3) is 4.67. The Hall–Kier alpha value is -3.08. The van der Waals surface area contributed by atoms with Crippen LogP contribution in [0.15, 0.2) is 30.5 Å². The number of thiazole rings is 1. The van der Waals surface area contributed by atoms with E-state index in [1.54, 1.807) is 6.20 Å². The molecule has 3 rings (SSSR count). The van der Waals surface area contributed by atoms with Crippen molar-refractivity contribution in [1.29, 1.82) is 0 Å². The highest BCUT2D eigenvalue weighted by atomic mass is 32.1. The molecule has 0 fully saturated rings. The number of nitrogens with one attached hydrogen (secondary N) is 1. The summed E-state index contributed by atoms with van der Waals surface area (Å²) in [5.74, 6) is -1.30. The van der Waals surface area contributed by atoms with Gasteiger partial charge in [-0.1, -0.05) is 0 Å². The van der Waals surface area contributed by atoms with Crippen LogP contribution in [-0.2, 0) is 12.7 Å². The summed E-state index contributed by atoms with van der Waals surface area (Å²) in [4.78, 5) is 17.5. The van der Waals surface area contributed by atoms with E-state index in [9.17, 15) is 22.4 Å². The van der Waals surface area contributed by atoms with Crippen molar-refractivity contribution in [3.8, 4) is 16.3 Å². The van der Waals surface area contributed by atoms with Crippen molar-refractivity contribution in [2.45, 2.75) is 19.6 Å². The molecule has 0 radical (unpaired) electrons. The van der Waals surface area contributed by atoms with Crippen molar-refractivity contribution in [3.05, 3.63) is 58.1 Å². The lowest BCUT2D eigenvalue weighted by Gasteiger charge is -2.11. The Kier molecular flexibility index (Phi) is 5.78. The van der Waals surface area contributed by atoms with Gasteiger partial charge in [0.1, 0.15) is 16.6 Å². The van der Waals surface area contributed by atoms with E-state index >= 15 is 0 Å². The Bertz CT molecular complexity index is 1040. The zero-order chi connectivity index (χ0) is 21.2. The minimum absolute atomic E-state index is 0.0884. The topological polar surface area (TPSA) is 77.0 Å². The lowest BCUT2D eigenvalue weighted by molar-refractivity contribution is -0.141. The fourth-order valence-electron chi connectivity index (χ4n) is 2.39. The molecule has 0 bridgehead atoms. The van der Waals surface area contributed by atoms with Gasteiger partial charge in [-0.2, -0.15) is 18.3 Å². The van der Waals surface area contributed by atoms with Crippen LogP contribution in [0.25, 0.3) is 10.6 Å². The summed E-state index contributed by atoms with van der Waals surface area (Å²) in [6.07, 6.45) is -3.02. The van der Waals surface area contributed by atoms with Crippen LogP contribution < -0.4 is 10.1 Å². The molecule has 3 aromatic rings. The average Bonchev–Trinajstić information content (AvgIpc) is 3.12. The van der Waals surface area contributed by atoms with Gasteiger partial charge >= 0.3 is 6.18 Å². The minimum atomic E-state index is -4.61. The second-order valence-corrected chi connectivity index (χ2v) is 7.14. The van der Waals surface area contributed by atoms with Crippen LogP contribution in [-0.4, -0.2) is 28.2 Å². The van der Waals surface area contributed by atoms with Crippen molar-refractivity contribution >= 4 is 17.2 Å². The van der Waals surface area contributed by atoms with Crippen molar-refractivity contribution in [2.75, 3.05) is 7.11 Å². The summed E-state index contributed by atoms with van der Waals surface area (Å²) in [6.45, 7) is 1.59. The molecule has 2 heterocycles. The van der Waals surface area contributed by atoms with E-state index in [0.717, 1.165) is 17.0 Å². The van der Waals surface area contributed by atoms with E-state index in [1.807, 2.05) is 6.92 Å². The molecule has 6 nitrogen and oxygen atoms in total. The van der Waals surface area contributed by atoms with E-state index in [1.165, 1.54) is 30.6 Å². The third-order valence-electron chi connectivity index (χ3n) is 3.82. The molecule has 1 amide bonds. The first-order chi connectivity index (χ1) is 13.7. The Morgan fingerprint density at radius 3 is 2.55 bits per heavy atom. The molecule has 29 heavy (non-hydrogen) atoms. The monoisotopic (exact) mass is 426 g/mol. The maximum atomic E-state index is 14.9. The fraction of sp³-hybridized carbons (Fsp3) is 0.222. The van der Waals surface area contributed by atoms with Gasteiger partial charge in [0.15, 0.2) is 5.69 Å². The molecule has 0 aliphatic heterocycles. The number of aromatic nitrogens is 3. The van der Waals surface area contributed by atoms with Crippen molar-refractivity contribution in [1.82, 2.24) is 20.5 Å². The number of halogens is 4. The SMILES string of the molecule is COc1cc(C(=O)NCc2ccc(C(F)(F)F)nn2)c(F)c(-c2ncc(C)s2)c1. The predicted octanol–water partition coefficient (Wildman–Crippen LogP) is 4.01. The summed E-state index contributed by atoms with van der Waals surface area (Å²) in [5, 5.41) is 9.30. The molecular weight excluding hydrogens is 412 g/mol. The summed E-state index contributed by atoms with van der Waals surface area (Å²) in [5.41, 5.74) is -1.23. The Balaban J connectivity index is 1.81. The number of alkyl halides is 3. The highest BCUT2D eigenvalue weighted by Crippen LogP contribution is 2.32. The number of hydrogen-bond acceptors (Lipinski definition) is 6. The first-order valence-electron chi connectivity index (χ1n) is 8.17. The van der Waals surface area contributed by atoms with Gasteiger partial charge in [-0.25, -0.2) is 9.37 Å². The number of benzene rings is 1. The number of methoxy groups -OCH3 is 1. The highest BCUT2D eigenvalue weighted by molar-refractivity contribution is 7.14. The second kappa shape index (κ2) is 8.11. The fourth-order valence-corrected chi connectivity index (χ4v) is 3.16. The highest BCUT2D eigenvalue weighted by Gasteiger charge is 2.32. The van der Waals surface area contributed by atoms with Crippen LogP contribution >= 0.6 is 11.3 Å². The van der Waals surface area contributed by atoms with E-state index in [0.29, 0.717) is 5.01 Å². The standard InChI is InChI=1S/C18H14F4N4O2S/c1-9-7-24-17(29-9)13-6-11(28-2)5-12(15(13)19)16(27)23-8-10-3-4-14(26-25-10)18(20,21)22/h3-7H,8H2,1-2H3,(H,23,27). The van der Waals surface area contributed by atoms with Crippen molar-refractivity contribution < 1.29 is 27.1 Å². The molecule has 0 aliphatic rings.